The number of hydrogen-bond donors (Lipinski definition) is 0. The van der Waals surface area contributed by atoms with Crippen LogP contribution < -0.4 is 17.0 Å². The van der Waals surface area contributed by atoms with Gasteiger partial charge in [0, 0.05) is 22.7 Å². The number of ketones is 1. The normalized spacial score (nSPS) is 10.1. The molecule has 1 aromatic carbocycles. The van der Waals surface area contributed by atoms with Crippen molar-refractivity contribution in [3.8, 4) is 0 Å². The van der Waals surface area contributed by atoms with Crippen LogP contribution in [0, 0.1) is 0 Å². The molecule has 4 heteroatoms. The number of carbonyl (C=O) groups excluding carboxylic acids is 1. The number of allylic oxidation sites excluding steroid dienone is 1. The average Bonchev–Trinajstić information content (AvgIpc) is 2.38. The summed E-state index contributed by atoms with van der Waals surface area (Å²) in [6.07, 6.45) is 6.98. The number of aromatic nitrogens is 1. The summed E-state index contributed by atoms with van der Waals surface area (Å²) in [5.74, 6) is -0.0435. The molecule has 1 heterocycles. The van der Waals surface area contributed by atoms with Crippen LogP contribution in [0.1, 0.15) is 10.4 Å². The maximum atomic E-state index is 11.8. The van der Waals surface area contributed by atoms with E-state index in [9.17, 15) is 4.79 Å². The highest BCUT2D eigenvalue weighted by Crippen LogP contribution is 2.10. The third-order valence-electron chi connectivity index (χ3n) is 2.27. The van der Waals surface area contributed by atoms with Gasteiger partial charge in [-0.2, -0.15) is 4.57 Å². The summed E-state index contributed by atoms with van der Waals surface area (Å²) in [6, 6.07) is 12.6. The molecule has 0 aliphatic rings. The monoisotopic (exact) mass is 279 g/mol. The molecule has 0 bridgehead atoms. The standard InChI is InChI=1S/C14H11ClNO.ClH/c15-13-6-4-12(5-7-13)14(17)8-11-16-9-2-1-3-10-16;/h1-11H;1H/q+1;/p-1/b11-8+;. The summed E-state index contributed by atoms with van der Waals surface area (Å²) >= 11 is 5.76. The number of halogens is 2. The van der Waals surface area contributed by atoms with E-state index >= 15 is 0 Å². The minimum atomic E-state index is -0.0435. The van der Waals surface area contributed by atoms with Crippen LogP contribution in [0.5, 0.6) is 0 Å². The van der Waals surface area contributed by atoms with Crippen LogP contribution >= 0.6 is 11.6 Å². The van der Waals surface area contributed by atoms with Gasteiger partial charge in [-0.3, -0.25) is 4.79 Å². The molecule has 0 amide bonds. The summed E-state index contributed by atoms with van der Waals surface area (Å²) in [5, 5.41) is 0.628. The van der Waals surface area contributed by atoms with Gasteiger partial charge in [-0.25, -0.2) is 0 Å². The number of carbonyl (C=O) groups is 1. The number of hydrogen-bond acceptors (Lipinski definition) is 1. The fourth-order valence-electron chi connectivity index (χ4n) is 1.38. The zero-order chi connectivity index (χ0) is 12.1. The first kappa shape index (κ1) is 14.4. The number of benzene rings is 1. The van der Waals surface area contributed by atoms with Crippen LogP contribution in [0.4, 0.5) is 0 Å². The molecule has 0 spiro atoms. The first-order valence-corrected chi connectivity index (χ1v) is 5.57. The second kappa shape index (κ2) is 6.94. The van der Waals surface area contributed by atoms with E-state index in [1.54, 1.807) is 30.5 Å². The second-order valence-corrected chi connectivity index (χ2v) is 3.95. The molecule has 0 N–H and O–H groups in total. The molecule has 0 aliphatic carbocycles. The summed E-state index contributed by atoms with van der Waals surface area (Å²) in [4.78, 5) is 11.8. The van der Waals surface area contributed by atoms with Crippen molar-refractivity contribution in [1.29, 1.82) is 0 Å². The van der Waals surface area contributed by atoms with Crippen LogP contribution in [0.2, 0.25) is 5.02 Å². The summed E-state index contributed by atoms with van der Waals surface area (Å²) in [7, 11) is 0. The van der Waals surface area contributed by atoms with E-state index in [0.717, 1.165) is 0 Å². The number of pyridine rings is 1. The molecular weight excluding hydrogens is 269 g/mol. The minimum Gasteiger partial charge on any atom is -1.00 e. The van der Waals surface area contributed by atoms with Gasteiger partial charge < -0.3 is 12.4 Å². The van der Waals surface area contributed by atoms with Crippen molar-refractivity contribution in [2.24, 2.45) is 0 Å². The second-order valence-electron chi connectivity index (χ2n) is 3.51. The Bertz CT molecular complexity index is 535. The molecule has 2 rings (SSSR count). The molecule has 0 atom stereocenters. The van der Waals surface area contributed by atoms with Crippen LogP contribution in [0.25, 0.3) is 6.20 Å². The van der Waals surface area contributed by atoms with E-state index in [2.05, 4.69) is 0 Å². The number of rotatable bonds is 3. The molecule has 92 valence electrons. The molecule has 2 aromatic rings. The van der Waals surface area contributed by atoms with Crippen molar-refractivity contribution in [2.45, 2.75) is 0 Å². The van der Waals surface area contributed by atoms with Gasteiger partial charge in [0.15, 0.2) is 24.4 Å². The summed E-state index contributed by atoms with van der Waals surface area (Å²) in [6.45, 7) is 0. The highest BCUT2D eigenvalue weighted by Gasteiger charge is 2.02. The lowest BCUT2D eigenvalue weighted by Crippen LogP contribution is -3.00. The van der Waals surface area contributed by atoms with Gasteiger partial charge in [-0.05, 0) is 24.3 Å². The third-order valence-corrected chi connectivity index (χ3v) is 2.52. The van der Waals surface area contributed by atoms with E-state index in [0.29, 0.717) is 10.6 Å². The molecule has 0 saturated heterocycles. The van der Waals surface area contributed by atoms with Crippen LogP contribution in [0.3, 0.4) is 0 Å². The average molecular weight is 280 g/mol. The molecule has 0 unspecified atom stereocenters. The quantitative estimate of drug-likeness (QED) is 0.440. The Morgan fingerprint density at radius 3 is 2.28 bits per heavy atom. The van der Waals surface area contributed by atoms with Crippen molar-refractivity contribution in [3.05, 3.63) is 71.5 Å². The van der Waals surface area contributed by atoms with E-state index < -0.39 is 0 Å². The minimum absolute atomic E-state index is 0. The van der Waals surface area contributed by atoms with Crippen molar-refractivity contribution in [1.82, 2.24) is 0 Å². The highest BCUT2D eigenvalue weighted by atomic mass is 35.5. The first-order chi connectivity index (χ1) is 8.25. The maximum Gasteiger partial charge on any atom is 0.191 e. The van der Waals surface area contributed by atoms with Crippen LogP contribution in [-0.4, -0.2) is 5.78 Å². The largest absolute Gasteiger partial charge is 1.00 e. The van der Waals surface area contributed by atoms with Gasteiger partial charge in [0.05, 0.1) is 6.08 Å². The van der Waals surface area contributed by atoms with E-state index in [4.69, 9.17) is 11.6 Å². The van der Waals surface area contributed by atoms with Crippen molar-refractivity contribution in [3.63, 3.8) is 0 Å². The Kier molecular flexibility index (Phi) is 5.56. The molecule has 0 fully saturated rings. The smallest absolute Gasteiger partial charge is 0.191 e. The molecule has 0 aliphatic heterocycles. The van der Waals surface area contributed by atoms with Crippen LogP contribution in [0.15, 0.2) is 60.9 Å². The molecule has 0 radical (unpaired) electrons. The van der Waals surface area contributed by atoms with E-state index in [1.165, 1.54) is 6.08 Å². The SMILES string of the molecule is O=C(/C=C/[n+]1ccccc1)c1ccc(Cl)cc1.[Cl-]. The zero-order valence-electron chi connectivity index (χ0n) is 9.46. The highest BCUT2D eigenvalue weighted by molar-refractivity contribution is 6.30. The van der Waals surface area contributed by atoms with Gasteiger partial charge >= 0.3 is 0 Å². The van der Waals surface area contributed by atoms with Gasteiger partial charge in [-0.1, -0.05) is 17.7 Å². The topological polar surface area (TPSA) is 20.9 Å². The predicted molar refractivity (Wildman–Crippen MR) is 67.7 cm³/mol. The summed E-state index contributed by atoms with van der Waals surface area (Å²) in [5.41, 5.74) is 0.627. The van der Waals surface area contributed by atoms with Gasteiger partial charge in [-0.15, -0.1) is 0 Å². The Morgan fingerprint density at radius 1 is 1.06 bits per heavy atom. The molecule has 18 heavy (non-hydrogen) atoms. The summed E-state index contributed by atoms with van der Waals surface area (Å²) < 4.78 is 1.81. The third kappa shape index (κ3) is 3.99. The zero-order valence-corrected chi connectivity index (χ0v) is 11.0. The fraction of sp³-hybridized carbons (Fsp3) is 0. The lowest BCUT2D eigenvalue weighted by atomic mass is 10.1. The Hall–Kier alpha value is -1.64. The Labute approximate surface area is 117 Å². The van der Waals surface area contributed by atoms with E-state index in [1.807, 2.05) is 35.2 Å². The maximum absolute atomic E-state index is 11.8. The first-order valence-electron chi connectivity index (χ1n) is 5.19. The Balaban J connectivity index is 0.00000162. The fourth-order valence-corrected chi connectivity index (χ4v) is 1.50. The van der Waals surface area contributed by atoms with Gasteiger partial charge in [0.1, 0.15) is 0 Å². The lowest BCUT2D eigenvalue weighted by Gasteiger charge is -1.94. The number of nitrogens with zero attached hydrogens (tertiary/aromatic N) is 1. The van der Waals surface area contributed by atoms with Crippen molar-refractivity contribution < 1.29 is 21.8 Å². The predicted octanol–water partition coefficient (Wildman–Crippen LogP) is -0.0149. The molecule has 2 nitrogen and oxygen atoms in total. The lowest BCUT2D eigenvalue weighted by molar-refractivity contribution is -0.568. The molecule has 0 saturated carbocycles. The molecule has 1 aromatic heterocycles. The van der Waals surface area contributed by atoms with Gasteiger partial charge in [0.25, 0.3) is 0 Å². The van der Waals surface area contributed by atoms with E-state index in [-0.39, 0.29) is 18.2 Å². The van der Waals surface area contributed by atoms with Crippen LogP contribution in [-0.2, 0) is 0 Å². The molecular formula is C14H11Cl2NO. The van der Waals surface area contributed by atoms with Crippen molar-refractivity contribution >= 4 is 23.6 Å². The Morgan fingerprint density at radius 2 is 1.67 bits per heavy atom. The van der Waals surface area contributed by atoms with Crippen molar-refractivity contribution in [2.75, 3.05) is 0 Å². The van der Waals surface area contributed by atoms with Gasteiger partial charge in [0.2, 0.25) is 0 Å².